The minimum atomic E-state index is -3.75. The Morgan fingerprint density at radius 3 is 2.39 bits per heavy atom. The summed E-state index contributed by atoms with van der Waals surface area (Å²) in [5.74, 6) is 0.555. The molecule has 0 bridgehead atoms. The highest BCUT2D eigenvalue weighted by Gasteiger charge is 2.23. The molecule has 0 atom stereocenters. The third-order valence-electron chi connectivity index (χ3n) is 5.03. The number of aromatic nitrogens is 2. The maximum atomic E-state index is 13.0. The number of nitrogens with one attached hydrogen (secondary N) is 2. The van der Waals surface area contributed by atoms with Gasteiger partial charge in [0.2, 0.25) is 5.88 Å². The smallest absolute Gasteiger partial charge is 0.256 e. The first-order valence-corrected chi connectivity index (χ1v) is 11.2. The second-order valence-corrected chi connectivity index (χ2v) is 8.73. The summed E-state index contributed by atoms with van der Waals surface area (Å²) in [6.45, 7) is 0.371. The van der Waals surface area contributed by atoms with Crippen LogP contribution in [0.4, 0.5) is 0 Å². The molecule has 0 aliphatic rings. The average molecular weight is 438 g/mol. The maximum absolute atomic E-state index is 13.0. The molecule has 0 saturated carbocycles. The molecule has 0 saturated heterocycles. The summed E-state index contributed by atoms with van der Waals surface area (Å²) >= 11 is 0. The molecule has 4 rings (SSSR count). The Hall–Kier alpha value is -3.20. The van der Waals surface area contributed by atoms with Crippen molar-refractivity contribution in [3.8, 4) is 17.0 Å². The van der Waals surface area contributed by atoms with Gasteiger partial charge in [-0.05, 0) is 23.3 Å². The maximum Gasteiger partial charge on any atom is 0.256 e. The molecule has 0 radical (unpaired) electrons. The molecule has 0 spiro atoms. The summed E-state index contributed by atoms with van der Waals surface area (Å²) in [4.78, 5) is 7.23. The highest BCUT2D eigenvalue weighted by atomic mass is 32.2. The van der Waals surface area contributed by atoms with E-state index in [0.29, 0.717) is 11.4 Å². The number of aromatic amines is 1. The molecule has 0 amide bonds. The van der Waals surface area contributed by atoms with Crippen LogP contribution in [0.1, 0.15) is 11.1 Å². The van der Waals surface area contributed by atoms with Gasteiger partial charge in [-0.1, -0.05) is 42.5 Å². The van der Waals surface area contributed by atoms with E-state index in [0.717, 1.165) is 27.6 Å². The van der Waals surface area contributed by atoms with E-state index in [2.05, 4.69) is 14.7 Å². The van der Waals surface area contributed by atoms with E-state index in [1.54, 1.807) is 26.5 Å². The van der Waals surface area contributed by atoms with Crippen molar-refractivity contribution in [3.63, 3.8) is 0 Å². The van der Waals surface area contributed by atoms with Crippen molar-refractivity contribution in [2.75, 3.05) is 14.2 Å². The van der Waals surface area contributed by atoms with E-state index in [-0.39, 0.29) is 18.2 Å². The van der Waals surface area contributed by atoms with Gasteiger partial charge in [0.05, 0.1) is 13.7 Å². The first-order valence-electron chi connectivity index (χ1n) is 9.69. The molecule has 2 aromatic heterocycles. The number of pyridine rings is 1. The minimum absolute atomic E-state index is 0.136. The van der Waals surface area contributed by atoms with E-state index in [1.165, 1.54) is 0 Å². The second kappa shape index (κ2) is 8.89. The molecular weight excluding hydrogens is 414 g/mol. The summed E-state index contributed by atoms with van der Waals surface area (Å²) in [6, 6.07) is 18.8. The summed E-state index contributed by atoms with van der Waals surface area (Å²) in [6.07, 6.45) is 1.74. The number of ether oxygens (including phenoxy) is 2. The zero-order chi connectivity index (χ0) is 21.8. The lowest BCUT2D eigenvalue weighted by Gasteiger charge is -2.09. The fourth-order valence-corrected chi connectivity index (χ4v) is 4.67. The predicted molar refractivity (Wildman–Crippen MR) is 119 cm³/mol. The van der Waals surface area contributed by atoms with Crippen molar-refractivity contribution in [1.29, 1.82) is 0 Å². The van der Waals surface area contributed by atoms with Crippen LogP contribution in [0.15, 0.2) is 71.9 Å². The van der Waals surface area contributed by atoms with Crippen LogP contribution < -0.4 is 9.46 Å². The number of methoxy groups -OCH3 is 2. The van der Waals surface area contributed by atoms with Crippen LogP contribution in [0.2, 0.25) is 0 Å². The summed E-state index contributed by atoms with van der Waals surface area (Å²) in [7, 11) is -0.630. The van der Waals surface area contributed by atoms with Crippen molar-refractivity contribution >= 4 is 20.9 Å². The molecule has 2 heterocycles. The molecule has 0 aliphatic heterocycles. The Bertz CT molecular complexity index is 1280. The molecule has 4 aromatic rings. The van der Waals surface area contributed by atoms with Crippen LogP contribution in [0.3, 0.4) is 0 Å². The average Bonchev–Trinajstić information content (AvgIpc) is 3.18. The van der Waals surface area contributed by atoms with Crippen LogP contribution in [-0.2, 0) is 27.9 Å². The highest BCUT2D eigenvalue weighted by Crippen LogP contribution is 2.27. The molecule has 0 unspecified atom stereocenters. The number of hydrogen-bond donors (Lipinski definition) is 2. The summed E-state index contributed by atoms with van der Waals surface area (Å²) in [5, 5.41) is 0.971. The fraction of sp³-hybridized carbons (Fsp3) is 0.174. The molecular formula is C23H23N3O4S. The van der Waals surface area contributed by atoms with Crippen molar-refractivity contribution < 1.29 is 17.9 Å². The molecule has 0 aliphatic carbocycles. The lowest BCUT2D eigenvalue weighted by molar-refractivity contribution is 0.183. The summed E-state index contributed by atoms with van der Waals surface area (Å²) in [5.41, 5.74) is 4.16. The van der Waals surface area contributed by atoms with Crippen molar-refractivity contribution in [2.24, 2.45) is 0 Å². The first kappa shape index (κ1) is 21.0. The van der Waals surface area contributed by atoms with E-state index in [9.17, 15) is 8.42 Å². The van der Waals surface area contributed by atoms with E-state index >= 15 is 0 Å². The van der Waals surface area contributed by atoms with Gasteiger partial charge in [0.1, 0.15) is 0 Å². The summed E-state index contributed by atoms with van der Waals surface area (Å²) < 4.78 is 39.0. The van der Waals surface area contributed by atoms with Crippen LogP contribution >= 0.6 is 0 Å². The van der Waals surface area contributed by atoms with Gasteiger partial charge in [-0.2, -0.15) is 0 Å². The van der Waals surface area contributed by atoms with Gasteiger partial charge >= 0.3 is 0 Å². The van der Waals surface area contributed by atoms with E-state index in [1.807, 2.05) is 54.6 Å². The molecule has 31 heavy (non-hydrogen) atoms. The highest BCUT2D eigenvalue weighted by molar-refractivity contribution is 7.89. The number of nitrogens with zero attached hydrogens (tertiary/aromatic N) is 1. The van der Waals surface area contributed by atoms with E-state index in [4.69, 9.17) is 9.47 Å². The topological polar surface area (TPSA) is 93.3 Å². The first-order chi connectivity index (χ1) is 15.0. The van der Waals surface area contributed by atoms with E-state index < -0.39 is 10.0 Å². The Morgan fingerprint density at radius 2 is 1.71 bits per heavy atom. The number of H-pyrrole nitrogens is 1. The third kappa shape index (κ3) is 4.46. The zero-order valence-corrected chi connectivity index (χ0v) is 18.1. The van der Waals surface area contributed by atoms with Gasteiger partial charge < -0.3 is 14.5 Å². The van der Waals surface area contributed by atoms with Crippen molar-refractivity contribution in [3.05, 3.63) is 78.0 Å². The Kier molecular flexibility index (Phi) is 6.03. The van der Waals surface area contributed by atoms with Crippen LogP contribution in [0.5, 0.6) is 5.88 Å². The van der Waals surface area contributed by atoms with Gasteiger partial charge in [-0.3, -0.25) is 0 Å². The largest absolute Gasteiger partial charge is 0.481 e. The van der Waals surface area contributed by atoms with Gasteiger partial charge in [0.15, 0.2) is 5.03 Å². The SMILES string of the molecule is COCc1c(S(=O)(=O)NCc2ccc(-c3ccc(OC)nc3)cc2)[nH]c2ccccc12. The number of fused-ring (bicyclic) bond motifs is 1. The third-order valence-corrected chi connectivity index (χ3v) is 6.44. The second-order valence-electron chi connectivity index (χ2n) is 7.02. The zero-order valence-electron chi connectivity index (χ0n) is 17.3. The molecule has 7 nitrogen and oxygen atoms in total. The van der Waals surface area contributed by atoms with Gasteiger partial charge in [-0.25, -0.2) is 18.1 Å². The van der Waals surface area contributed by atoms with Crippen LogP contribution in [-0.4, -0.2) is 32.6 Å². The number of rotatable bonds is 8. The monoisotopic (exact) mass is 437 g/mol. The Balaban J connectivity index is 1.52. The molecule has 2 aromatic carbocycles. The lowest BCUT2D eigenvalue weighted by Crippen LogP contribution is -2.24. The quantitative estimate of drug-likeness (QED) is 0.437. The molecule has 0 fully saturated rings. The molecule has 2 N–H and O–H groups in total. The number of benzene rings is 2. The van der Waals surface area contributed by atoms with Gasteiger partial charge in [-0.15, -0.1) is 0 Å². The normalized spacial score (nSPS) is 11.7. The number of para-hydroxylation sites is 1. The van der Waals surface area contributed by atoms with Crippen LogP contribution in [0, 0.1) is 0 Å². The standard InChI is InChI=1S/C23H23N3O4S/c1-29-15-20-19-5-3-4-6-21(19)26-23(20)31(27,28)25-13-16-7-9-17(10-8-16)18-11-12-22(30-2)24-14-18/h3-12,14,25-26H,13,15H2,1-2H3. The minimum Gasteiger partial charge on any atom is -0.481 e. The van der Waals surface area contributed by atoms with Crippen molar-refractivity contribution in [1.82, 2.24) is 14.7 Å². The van der Waals surface area contributed by atoms with Gasteiger partial charge in [0, 0.05) is 47.9 Å². The van der Waals surface area contributed by atoms with Gasteiger partial charge in [0.25, 0.3) is 10.0 Å². The predicted octanol–water partition coefficient (Wildman–Crippen LogP) is 3.86. The molecule has 160 valence electrons. The number of sulfonamides is 1. The van der Waals surface area contributed by atoms with Crippen LogP contribution in [0.25, 0.3) is 22.0 Å². The van der Waals surface area contributed by atoms with Crippen molar-refractivity contribution in [2.45, 2.75) is 18.2 Å². The fourth-order valence-electron chi connectivity index (χ4n) is 3.43. The number of hydrogen-bond acceptors (Lipinski definition) is 5. The Morgan fingerprint density at radius 1 is 0.968 bits per heavy atom. The lowest BCUT2D eigenvalue weighted by atomic mass is 10.1. The Labute approximate surface area is 181 Å². The molecule has 8 heteroatoms.